The summed E-state index contributed by atoms with van der Waals surface area (Å²) in [6.07, 6.45) is 7.53. The van der Waals surface area contributed by atoms with Gasteiger partial charge in [0.1, 0.15) is 6.04 Å². The van der Waals surface area contributed by atoms with Crippen molar-refractivity contribution < 1.29 is 19.4 Å². The van der Waals surface area contributed by atoms with Gasteiger partial charge in [0, 0.05) is 5.41 Å². The number of allylic oxidation sites excluding steroid dienone is 1. The average molecular weight is 311 g/mol. The maximum atomic E-state index is 12.0. The van der Waals surface area contributed by atoms with E-state index in [4.69, 9.17) is 4.74 Å². The highest BCUT2D eigenvalue weighted by atomic mass is 16.5. The van der Waals surface area contributed by atoms with E-state index in [1.54, 1.807) is 20.8 Å². The molecule has 1 saturated carbocycles. The van der Waals surface area contributed by atoms with Crippen LogP contribution in [0.3, 0.4) is 0 Å². The second-order valence-corrected chi connectivity index (χ2v) is 7.39. The summed E-state index contributed by atoms with van der Waals surface area (Å²) >= 11 is 0. The predicted molar refractivity (Wildman–Crippen MR) is 85.7 cm³/mol. The van der Waals surface area contributed by atoms with E-state index in [1.165, 1.54) is 0 Å². The Kier molecular flexibility index (Phi) is 6.45. The third-order valence-corrected chi connectivity index (χ3v) is 4.43. The fraction of sp³-hybridized carbons (Fsp3) is 0.765. The Morgan fingerprint density at radius 2 is 1.95 bits per heavy atom. The molecule has 0 aromatic heterocycles. The Balaban J connectivity index is 2.56. The molecule has 1 fully saturated rings. The van der Waals surface area contributed by atoms with Crippen molar-refractivity contribution in [3.63, 3.8) is 0 Å². The smallest absolute Gasteiger partial charge is 0.407 e. The summed E-state index contributed by atoms with van der Waals surface area (Å²) in [5, 5.41) is 11.7. The first-order chi connectivity index (χ1) is 10.2. The number of rotatable bonds is 7. The molecule has 1 atom stereocenters. The molecule has 22 heavy (non-hydrogen) atoms. The van der Waals surface area contributed by atoms with Gasteiger partial charge in [-0.1, -0.05) is 39.7 Å². The molecular formula is C17H29NO4. The van der Waals surface area contributed by atoms with Crippen LogP contribution in [-0.4, -0.2) is 29.8 Å². The second kappa shape index (κ2) is 7.65. The van der Waals surface area contributed by atoms with Crippen LogP contribution in [0.15, 0.2) is 12.7 Å². The highest BCUT2D eigenvalue weighted by Gasteiger charge is 2.36. The van der Waals surface area contributed by atoms with Crippen molar-refractivity contribution in [3.05, 3.63) is 12.7 Å². The molecule has 1 amide bonds. The molecular weight excluding hydrogens is 282 g/mol. The maximum absolute atomic E-state index is 12.0. The first-order valence-electron chi connectivity index (χ1n) is 7.97. The van der Waals surface area contributed by atoms with E-state index in [0.717, 1.165) is 38.5 Å². The maximum Gasteiger partial charge on any atom is 0.407 e. The van der Waals surface area contributed by atoms with Crippen LogP contribution in [0.1, 0.15) is 59.3 Å². The largest absolute Gasteiger partial charge is 0.480 e. The van der Waals surface area contributed by atoms with Crippen molar-refractivity contribution in [1.82, 2.24) is 5.32 Å². The lowest BCUT2D eigenvalue weighted by molar-refractivity contribution is -0.142. The van der Waals surface area contributed by atoms with Crippen LogP contribution >= 0.6 is 0 Å². The zero-order valence-corrected chi connectivity index (χ0v) is 14.0. The predicted octanol–water partition coefficient (Wildman–Crippen LogP) is 3.74. The molecule has 126 valence electrons. The number of aliphatic carboxylic acids is 1. The molecule has 1 rings (SSSR count). The van der Waals surface area contributed by atoms with Gasteiger partial charge in [-0.3, -0.25) is 0 Å². The Bertz CT molecular complexity index is 405. The van der Waals surface area contributed by atoms with Gasteiger partial charge < -0.3 is 15.2 Å². The fourth-order valence-corrected chi connectivity index (χ4v) is 3.03. The van der Waals surface area contributed by atoms with Crippen molar-refractivity contribution in [1.29, 1.82) is 0 Å². The molecule has 1 aliphatic rings. The minimum atomic E-state index is -1.05. The van der Waals surface area contributed by atoms with Gasteiger partial charge in [0.25, 0.3) is 0 Å². The zero-order chi connectivity index (χ0) is 16.8. The summed E-state index contributed by atoms with van der Waals surface area (Å²) in [5.74, 6) is -1.05. The number of carboxylic acid groups (broad SMARTS) is 1. The quantitative estimate of drug-likeness (QED) is 0.702. The Labute approximate surface area is 133 Å². The minimum Gasteiger partial charge on any atom is -0.480 e. The number of nitrogens with one attached hydrogen (secondary N) is 1. The van der Waals surface area contributed by atoms with Crippen LogP contribution in [0.2, 0.25) is 0 Å². The van der Waals surface area contributed by atoms with E-state index in [1.807, 2.05) is 6.08 Å². The molecule has 0 bridgehead atoms. The molecule has 2 N–H and O–H groups in total. The summed E-state index contributed by atoms with van der Waals surface area (Å²) in [5.41, 5.74) is -0.537. The van der Waals surface area contributed by atoms with E-state index in [2.05, 4.69) is 11.9 Å². The molecule has 0 aromatic rings. The Morgan fingerprint density at radius 3 is 2.41 bits per heavy atom. The Morgan fingerprint density at radius 1 is 1.36 bits per heavy atom. The lowest BCUT2D eigenvalue weighted by atomic mass is 9.82. The standard InChI is InChI=1S/C17H29NO4/c1-5-6-9-17(10-7-8-11-17)12-22-15(21)18-13(14(19)20)16(2,3)4/h5,13H,1,6-12H2,2-4H3,(H,18,21)(H,19,20)/t13-/m1/s1. The van der Waals surface area contributed by atoms with Crippen LogP contribution in [0.4, 0.5) is 4.79 Å². The topological polar surface area (TPSA) is 75.6 Å². The fourth-order valence-electron chi connectivity index (χ4n) is 3.03. The molecule has 0 saturated heterocycles. The van der Waals surface area contributed by atoms with Gasteiger partial charge in [-0.25, -0.2) is 9.59 Å². The van der Waals surface area contributed by atoms with Crippen LogP contribution in [0.5, 0.6) is 0 Å². The number of ether oxygens (including phenoxy) is 1. The van der Waals surface area contributed by atoms with Gasteiger partial charge in [-0.2, -0.15) is 0 Å². The minimum absolute atomic E-state index is 0.0337. The van der Waals surface area contributed by atoms with Crippen LogP contribution in [0, 0.1) is 10.8 Å². The van der Waals surface area contributed by atoms with Gasteiger partial charge >= 0.3 is 12.1 Å². The summed E-state index contributed by atoms with van der Waals surface area (Å²) in [6, 6.07) is -0.965. The summed E-state index contributed by atoms with van der Waals surface area (Å²) < 4.78 is 5.35. The number of hydrogen-bond donors (Lipinski definition) is 2. The summed E-state index contributed by atoms with van der Waals surface area (Å²) in [6.45, 7) is 9.42. The average Bonchev–Trinajstić information content (AvgIpc) is 2.88. The van der Waals surface area contributed by atoms with Gasteiger partial charge in [0.05, 0.1) is 6.61 Å². The molecule has 5 heteroatoms. The van der Waals surface area contributed by atoms with Crippen LogP contribution < -0.4 is 5.32 Å². The molecule has 0 radical (unpaired) electrons. The SMILES string of the molecule is C=CCCC1(COC(=O)N[C@H](C(=O)O)C(C)(C)C)CCCC1. The molecule has 0 heterocycles. The molecule has 0 unspecified atom stereocenters. The third kappa shape index (κ3) is 5.35. The number of hydrogen-bond acceptors (Lipinski definition) is 3. The van der Waals surface area contributed by atoms with Gasteiger partial charge in [0.15, 0.2) is 0 Å². The van der Waals surface area contributed by atoms with E-state index >= 15 is 0 Å². The van der Waals surface area contributed by atoms with Crippen molar-refractivity contribution in [3.8, 4) is 0 Å². The second-order valence-electron chi connectivity index (χ2n) is 7.39. The molecule has 5 nitrogen and oxygen atoms in total. The van der Waals surface area contributed by atoms with E-state index < -0.39 is 23.5 Å². The number of alkyl carbamates (subject to hydrolysis) is 1. The third-order valence-electron chi connectivity index (χ3n) is 4.43. The highest BCUT2D eigenvalue weighted by Crippen LogP contribution is 2.42. The number of carboxylic acids is 1. The van der Waals surface area contributed by atoms with Crippen molar-refractivity contribution in [2.75, 3.05) is 6.61 Å². The first kappa shape index (κ1) is 18.5. The van der Waals surface area contributed by atoms with Crippen molar-refractivity contribution in [2.45, 2.75) is 65.3 Å². The van der Waals surface area contributed by atoms with Gasteiger partial charge in [-0.15, -0.1) is 6.58 Å². The lowest BCUT2D eigenvalue weighted by Gasteiger charge is -2.30. The van der Waals surface area contributed by atoms with E-state index in [9.17, 15) is 14.7 Å². The van der Waals surface area contributed by atoms with E-state index in [0.29, 0.717) is 6.61 Å². The van der Waals surface area contributed by atoms with Crippen molar-refractivity contribution >= 4 is 12.1 Å². The number of carbonyl (C=O) groups excluding carboxylic acids is 1. The Hall–Kier alpha value is -1.52. The molecule has 1 aliphatic carbocycles. The number of carbonyl (C=O) groups is 2. The van der Waals surface area contributed by atoms with Crippen LogP contribution in [-0.2, 0) is 9.53 Å². The monoisotopic (exact) mass is 311 g/mol. The van der Waals surface area contributed by atoms with E-state index in [-0.39, 0.29) is 5.41 Å². The zero-order valence-electron chi connectivity index (χ0n) is 14.0. The number of amides is 1. The lowest BCUT2D eigenvalue weighted by Crippen LogP contribution is -2.49. The van der Waals surface area contributed by atoms with Gasteiger partial charge in [-0.05, 0) is 31.1 Å². The van der Waals surface area contributed by atoms with Crippen LogP contribution in [0.25, 0.3) is 0 Å². The highest BCUT2D eigenvalue weighted by molar-refractivity contribution is 5.80. The summed E-state index contributed by atoms with van der Waals surface area (Å²) in [4.78, 5) is 23.2. The normalized spacial score (nSPS) is 18.5. The first-order valence-corrected chi connectivity index (χ1v) is 7.97. The van der Waals surface area contributed by atoms with Crippen molar-refractivity contribution in [2.24, 2.45) is 10.8 Å². The van der Waals surface area contributed by atoms with Gasteiger partial charge in [0.2, 0.25) is 0 Å². The molecule has 0 aromatic carbocycles. The summed E-state index contributed by atoms with van der Waals surface area (Å²) in [7, 11) is 0. The molecule has 0 aliphatic heterocycles. The molecule has 0 spiro atoms.